The fourth-order valence-corrected chi connectivity index (χ4v) is 3.74. The van der Waals surface area contributed by atoms with Crippen LogP contribution in [0.3, 0.4) is 0 Å². The normalized spacial score (nSPS) is 12.0. The van der Waals surface area contributed by atoms with Gasteiger partial charge < -0.3 is 0 Å². The van der Waals surface area contributed by atoms with Crippen LogP contribution in [0.15, 0.2) is 0 Å². The predicted molar refractivity (Wildman–Crippen MR) is 140 cm³/mol. The first-order valence-corrected chi connectivity index (χ1v) is 13.1. The molecule has 0 aromatic carbocycles. The van der Waals surface area contributed by atoms with Crippen LogP contribution >= 0.6 is 0 Å². The number of carboxylic acid groups (broad SMARTS) is 1. The number of methoxy groups -OCH3 is 1. The van der Waals surface area contributed by atoms with Crippen molar-refractivity contribution in [2.24, 2.45) is 0 Å². The van der Waals surface area contributed by atoms with Gasteiger partial charge in [-0.25, -0.2) is 0 Å². The molecule has 3 atom stereocenters. The van der Waals surface area contributed by atoms with Crippen LogP contribution in [0.4, 0.5) is 4.79 Å². The van der Waals surface area contributed by atoms with E-state index in [1.54, 1.807) is 7.11 Å². The fourth-order valence-electron chi connectivity index (χ4n) is 2.31. The number of ether oxygens (including phenoxy) is 1. The zero-order valence-corrected chi connectivity index (χ0v) is 22.4. The van der Waals surface area contributed by atoms with Crippen molar-refractivity contribution in [3.63, 3.8) is 0 Å². The first kappa shape index (κ1) is 43.8. The van der Waals surface area contributed by atoms with Crippen molar-refractivity contribution >= 4 is 28.6 Å². The van der Waals surface area contributed by atoms with Crippen LogP contribution < -0.4 is 10.6 Å². The van der Waals surface area contributed by atoms with Crippen molar-refractivity contribution in [2.75, 3.05) is 7.11 Å². The molecule has 0 fully saturated rings. The summed E-state index contributed by atoms with van der Waals surface area (Å²) in [6.45, 7) is 12.9. The van der Waals surface area contributed by atoms with E-state index in [2.05, 4.69) is 45.3 Å². The second kappa shape index (κ2) is 36.4. The van der Waals surface area contributed by atoms with E-state index in [4.69, 9.17) is 9.84 Å². The summed E-state index contributed by atoms with van der Waals surface area (Å²) >= 11 is 1.29. The van der Waals surface area contributed by atoms with E-state index < -0.39 is 6.09 Å². The molecule has 0 saturated heterocycles. The monoisotopic (exact) mass is 544 g/mol. The predicted octanol–water partition coefficient (Wildman–Crippen LogP) is 7.38. The molecular formula is C24H60N2O3Sn. The van der Waals surface area contributed by atoms with Gasteiger partial charge in [-0.1, -0.05) is 88.5 Å². The third-order valence-corrected chi connectivity index (χ3v) is 4.95. The van der Waals surface area contributed by atoms with Gasteiger partial charge in [0.05, 0.1) is 0 Å². The number of amides is 1. The molecule has 2 radical (unpaired) electrons. The number of unbranched alkanes of at least 4 members (excludes halogenated alkanes) is 4. The van der Waals surface area contributed by atoms with Gasteiger partial charge in [0.1, 0.15) is 0 Å². The van der Waals surface area contributed by atoms with Gasteiger partial charge in [-0.15, -0.1) is 0 Å². The summed E-state index contributed by atoms with van der Waals surface area (Å²) in [5.41, 5.74) is 0. The van der Waals surface area contributed by atoms with Crippen molar-refractivity contribution < 1.29 is 14.6 Å². The topological polar surface area (TPSA) is 70.6 Å². The molecule has 0 saturated carbocycles. The minimum atomic E-state index is -0.969. The summed E-state index contributed by atoms with van der Waals surface area (Å²) in [7, 11) is 1.68. The Morgan fingerprint density at radius 2 is 1.30 bits per heavy atom. The zero-order chi connectivity index (χ0) is 21.5. The molecule has 0 heterocycles. The first-order chi connectivity index (χ1) is 12.8. The van der Waals surface area contributed by atoms with E-state index in [1.165, 1.54) is 71.9 Å². The van der Waals surface area contributed by atoms with E-state index in [0.717, 1.165) is 12.8 Å². The van der Waals surface area contributed by atoms with Crippen LogP contribution in [0, 0.1) is 0 Å². The summed E-state index contributed by atoms with van der Waals surface area (Å²) in [5.74, 6) is 0. The van der Waals surface area contributed by atoms with Gasteiger partial charge in [-0.3, -0.25) is 0 Å². The summed E-state index contributed by atoms with van der Waals surface area (Å²) in [6, 6.07) is 0.415. The molecule has 0 spiro atoms. The molecule has 188 valence electrons. The molecule has 0 aliphatic heterocycles. The SMILES string of the molecule is C.C.C.CCCCC.CCCCC.COC(CCC(C)NC(=O)O)NC(C)C[CH2][SnH]. The average Bonchev–Trinajstić information content (AvgIpc) is 2.60. The molecule has 0 bridgehead atoms. The number of hydrogen-bond acceptors (Lipinski definition) is 3. The number of carbonyl (C=O) groups is 1. The average molecular weight is 543 g/mol. The standard InChI is InChI=1S/C11H23N2O3.2C5H12.3CH4.Sn.H/c1-5-8(2)12-10(16-4)7-6-9(3)13-11(14)15;2*1-3-5-4-2;;;;;/h8-10,12-13H,1,5-7H2,2-4H3,(H,14,15);2*3-5H2,1-2H3;3*1H4;;. The second-order valence-electron chi connectivity index (χ2n) is 7.00. The minimum absolute atomic E-state index is 0. The van der Waals surface area contributed by atoms with Gasteiger partial charge in [0.2, 0.25) is 0 Å². The van der Waals surface area contributed by atoms with Crippen molar-refractivity contribution in [3.05, 3.63) is 0 Å². The quantitative estimate of drug-likeness (QED) is 0.167. The van der Waals surface area contributed by atoms with Crippen molar-refractivity contribution in [1.29, 1.82) is 0 Å². The Labute approximate surface area is 205 Å². The molecule has 0 aliphatic carbocycles. The summed E-state index contributed by atoms with van der Waals surface area (Å²) in [4.78, 5) is 10.4. The molecular weight excluding hydrogens is 483 g/mol. The summed E-state index contributed by atoms with van der Waals surface area (Å²) in [6.07, 6.45) is 9.94. The van der Waals surface area contributed by atoms with Crippen molar-refractivity contribution in [1.82, 2.24) is 10.6 Å². The van der Waals surface area contributed by atoms with Gasteiger partial charge in [-0.05, 0) is 0 Å². The van der Waals surface area contributed by atoms with Crippen LogP contribution in [-0.4, -0.2) is 59.1 Å². The molecule has 3 N–H and O–H groups in total. The summed E-state index contributed by atoms with van der Waals surface area (Å²) < 4.78 is 6.62. The van der Waals surface area contributed by atoms with E-state index in [0.29, 0.717) is 6.04 Å². The van der Waals surface area contributed by atoms with Crippen LogP contribution in [0.25, 0.3) is 0 Å². The van der Waals surface area contributed by atoms with Gasteiger partial charge in [0, 0.05) is 0 Å². The molecule has 0 rings (SSSR count). The maximum atomic E-state index is 10.4. The molecule has 0 aromatic rings. The fraction of sp³-hybridized carbons (Fsp3) is 0.958. The summed E-state index contributed by atoms with van der Waals surface area (Å²) in [5, 5.41) is 14.4. The zero-order valence-electron chi connectivity index (χ0n) is 19.1. The van der Waals surface area contributed by atoms with Crippen LogP contribution in [0.5, 0.6) is 0 Å². The molecule has 0 aromatic heterocycles. The number of nitrogens with one attached hydrogen (secondary N) is 2. The molecule has 30 heavy (non-hydrogen) atoms. The van der Waals surface area contributed by atoms with E-state index in [-0.39, 0.29) is 34.5 Å². The van der Waals surface area contributed by atoms with Crippen LogP contribution in [-0.2, 0) is 4.74 Å². The van der Waals surface area contributed by atoms with Crippen molar-refractivity contribution in [3.8, 4) is 0 Å². The number of hydrogen-bond donors (Lipinski definition) is 3. The molecule has 3 unspecified atom stereocenters. The van der Waals surface area contributed by atoms with Gasteiger partial charge in [0.25, 0.3) is 0 Å². The van der Waals surface area contributed by atoms with E-state index in [9.17, 15) is 4.79 Å². The van der Waals surface area contributed by atoms with Gasteiger partial charge >= 0.3 is 117 Å². The third kappa shape index (κ3) is 42.2. The Kier molecular flexibility index (Phi) is 53.1. The second-order valence-corrected chi connectivity index (χ2v) is 8.65. The molecule has 6 heteroatoms. The molecule has 1 amide bonds. The van der Waals surface area contributed by atoms with Gasteiger partial charge in [-0.2, -0.15) is 0 Å². The molecule has 5 nitrogen and oxygen atoms in total. The Balaban J connectivity index is -0.0000000930. The number of rotatable bonds is 13. The third-order valence-electron chi connectivity index (χ3n) is 4.00. The van der Waals surface area contributed by atoms with Crippen LogP contribution in [0.2, 0.25) is 4.44 Å². The first-order valence-electron chi connectivity index (χ1n) is 10.8. The molecule has 0 aliphatic rings. The van der Waals surface area contributed by atoms with Crippen LogP contribution in [0.1, 0.15) is 122 Å². The Morgan fingerprint density at radius 1 is 0.867 bits per heavy atom. The van der Waals surface area contributed by atoms with Gasteiger partial charge in [0.15, 0.2) is 0 Å². The Bertz CT molecular complexity index is 286. The maximum absolute atomic E-state index is 10.4. The van der Waals surface area contributed by atoms with Crippen molar-refractivity contribution in [2.45, 2.75) is 144 Å². The Hall–Kier alpha value is -0.0113. The van der Waals surface area contributed by atoms with E-state index >= 15 is 0 Å². The van der Waals surface area contributed by atoms with E-state index in [1.807, 2.05) is 6.92 Å². The Morgan fingerprint density at radius 3 is 1.57 bits per heavy atom.